The molecule has 6 nitrogen and oxygen atoms in total. The average Bonchev–Trinajstić information content (AvgIpc) is 3.10. The van der Waals surface area contributed by atoms with Crippen molar-refractivity contribution in [2.24, 2.45) is 4.99 Å². The third-order valence-electron chi connectivity index (χ3n) is 4.13. The Balaban J connectivity index is 1.67. The number of carbonyl (C=O) groups excluding carboxylic acids is 1. The molecule has 30 heavy (non-hydrogen) atoms. The first-order valence-electron chi connectivity index (χ1n) is 8.79. The lowest BCUT2D eigenvalue weighted by molar-refractivity contribution is -0.129. The monoisotopic (exact) mass is 483 g/mol. The fourth-order valence-corrected chi connectivity index (χ4v) is 4.10. The molecule has 0 unspecified atom stereocenters. The highest BCUT2D eigenvalue weighted by molar-refractivity contribution is 9.10. The molecule has 1 aliphatic rings. The van der Waals surface area contributed by atoms with E-state index in [-0.39, 0.29) is 22.2 Å². The number of rotatable bonds is 5. The van der Waals surface area contributed by atoms with Crippen LogP contribution in [0.3, 0.4) is 0 Å². The molecule has 1 aliphatic heterocycles. The lowest BCUT2D eigenvalue weighted by Gasteiger charge is -2.09. The number of cyclic esters (lactones) is 1. The number of benzene rings is 3. The van der Waals surface area contributed by atoms with E-state index in [0.717, 1.165) is 4.47 Å². The van der Waals surface area contributed by atoms with Crippen LogP contribution in [0.15, 0.2) is 98.9 Å². The molecule has 1 heterocycles. The van der Waals surface area contributed by atoms with Gasteiger partial charge in [0.05, 0.1) is 0 Å². The number of ether oxygens (including phenoxy) is 1. The van der Waals surface area contributed by atoms with E-state index in [2.05, 4.69) is 20.9 Å². The topological polar surface area (TPSA) is 82.0 Å². The Labute approximate surface area is 181 Å². The van der Waals surface area contributed by atoms with E-state index < -0.39 is 16.1 Å². The maximum absolute atomic E-state index is 12.6. The molecule has 4 rings (SSSR count). The number of nitrogens with zero attached hydrogens (tertiary/aromatic N) is 1. The number of aliphatic imine (C=N–C) groups is 1. The van der Waals surface area contributed by atoms with Crippen LogP contribution in [0.1, 0.15) is 11.1 Å². The average molecular weight is 484 g/mol. The summed E-state index contributed by atoms with van der Waals surface area (Å²) in [4.78, 5) is 16.6. The predicted molar refractivity (Wildman–Crippen MR) is 115 cm³/mol. The minimum absolute atomic E-state index is 0.0303. The molecule has 0 atom stereocenters. The van der Waals surface area contributed by atoms with Gasteiger partial charge in [-0.1, -0.05) is 58.4 Å². The molecule has 0 N–H and O–H groups in total. The fourth-order valence-electron chi connectivity index (χ4n) is 2.73. The van der Waals surface area contributed by atoms with Gasteiger partial charge in [-0.2, -0.15) is 8.42 Å². The summed E-state index contributed by atoms with van der Waals surface area (Å²) in [5, 5.41) is 0. The van der Waals surface area contributed by atoms with Crippen molar-refractivity contribution in [1.82, 2.24) is 0 Å². The second-order valence-corrected chi connectivity index (χ2v) is 8.70. The first-order chi connectivity index (χ1) is 14.4. The summed E-state index contributed by atoms with van der Waals surface area (Å²) in [6.07, 6.45) is 1.43. The van der Waals surface area contributed by atoms with Crippen LogP contribution in [0.4, 0.5) is 0 Å². The quantitative estimate of drug-likeness (QED) is 0.301. The Kier molecular flexibility index (Phi) is 5.52. The summed E-state index contributed by atoms with van der Waals surface area (Å²) in [7, 11) is -4.03. The molecule has 0 bridgehead atoms. The zero-order valence-electron chi connectivity index (χ0n) is 15.4. The van der Waals surface area contributed by atoms with Gasteiger partial charge in [-0.3, -0.25) is 0 Å². The van der Waals surface area contributed by atoms with Gasteiger partial charge in [0.2, 0.25) is 5.90 Å². The van der Waals surface area contributed by atoms with Gasteiger partial charge in [0.25, 0.3) is 0 Å². The van der Waals surface area contributed by atoms with Crippen molar-refractivity contribution in [2.75, 3.05) is 0 Å². The smallest absolute Gasteiger partial charge is 0.363 e. The lowest BCUT2D eigenvalue weighted by Crippen LogP contribution is -2.10. The van der Waals surface area contributed by atoms with E-state index in [1.165, 1.54) is 24.3 Å². The van der Waals surface area contributed by atoms with Gasteiger partial charge in [-0.15, -0.1) is 0 Å². The molecule has 150 valence electrons. The molecule has 0 radical (unpaired) electrons. The fraction of sp³-hybridized carbons (Fsp3) is 0. The molecule has 0 aromatic heterocycles. The van der Waals surface area contributed by atoms with E-state index in [0.29, 0.717) is 11.1 Å². The van der Waals surface area contributed by atoms with E-state index in [1.54, 1.807) is 54.6 Å². The molecule has 3 aromatic carbocycles. The highest BCUT2D eigenvalue weighted by Crippen LogP contribution is 2.27. The number of hydrogen-bond acceptors (Lipinski definition) is 6. The number of carbonyl (C=O) groups is 1. The molecule has 3 aromatic rings. The molecule has 0 saturated carbocycles. The number of hydrogen-bond donors (Lipinski definition) is 0. The molecule has 8 heteroatoms. The molecular formula is C22H14BrNO5S. The Bertz CT molecular complexity index is 1280. The number of esters is 1. The minimum Gasteiger partial charge on any atom is -0.402 e. The maximum atomic E-state index is 12.6. The molecule has 0 fully saturated rings. The molecule has 0 aliphatic carbocycles. The van der Waals surface area contributed by atoms with Crippen molar-refractivity contribution in [3.63, 3.8) is 0 Å². The van der Waals surface area contributed by atoms with Crippen molar-refractivity contribution >= 4 is 44.0 Å². The van der Waals surface area contributed by atoms with Crippen molar-refractivity contribution in [3.05, 3.63) is 100 Å². The minimum atomic E-state index is -4.03. The van der Waals surface area contributed by atoms with Gasteiger partial charge in [0, 0.05) is 15.6 Å². The van der Waals surface area contributed by atoms with Gasteiger partial charge in [0.1, 0.15) is 10.6 Å². The third-order valence-corrected chi connectivity index (χ3v) is 5.88. The van der Waals surface area contributed by atoms with Crippen LogP contribution in [0.25, 0.3) is 6.08 Å². The normalized spacial score (nSPS) is 15.0. The van der Waals surface area contributed by atoms with Crippen LogP contribution in [0, 0.1) is 0 Å². The van der Waals surface area contributed by atoms with E-state index in [4.69, 9.17) is 8.92 Å². The first-order valence-corrected chi connectivity index (χ1v) is 11.0. The van der Waals surface area contributed by atoms with Crippen LogP contribution in [0.2, 0.25) is 0 Å². The SMILES string of the molecule is O=C1OC(c2cccc(Br)c2)=N/C1=C\c1ccccc1OS(=O)(=O)c1ccccc1. The van der Waals surface area contributed by atoms with Crippen LogP contribution in [-0.2, 0) is 19.6 Å². The Morgan fingerprint density at radius 1 is 0.933 bits per heavy atom. The molecule has 0 saturated heterocycles. The summed E-state index contributed by atoms with van der Waals surface area (Å²) >= 11 is 3.37. The van der Waals surface area contributed by atoms with Crippen LogP contribution in [-0.4, -0.2) is 20.3 Å². The van der Waals surface area contributed by atoms with Crippen LogP contribution in [0.5, 0.6) is 5.75 Å². The second kappa shape index (κ2) is 8.25. The Hall–Kier alpha value is -3.23. The highest BCUT2D eigenvalue weighted by Gasteiger charge is 2.25. The lowest BCUT2D eigenvalue weighted by atomic mass is 10.1. The van der Waals surface area contributed by atoms with Gasteiger partial charge in [0.15, 0.2) is 5.70 Å². The number of halogens is 1. The van der Waals surface area contributed by atoms with Gasteiger partial charge in [-0.25, -0.2) is 9.79 Å². The summed E-state index contributed by atoms with van der Waals surface area (Å²) < 4.78 is 36.5. The van der Waals surface area contributed by atoms with Gasteiger partial charge in [-0.05, 0) is 42.5 Å². The largest absolute Gasteiger partial charge is 0.402 e. The van der Waals surface area contributed by atoms with Crippen molar-refractivity contribution in [2.45, 2.75) is 4.90 Å². The maximum Gasteiger partial charge on any atom is 0.363 e. The predicted octanol–water partition coefficient (Wildman–Crippen LogP) is 4.56. The Morgan fingerprint density at radius 2 is 1.67 bits per heavy atom. The van der Waals surface area contributed by atoms with Crippen molar-refractivity contribution < 1.29 is 22.1 Å². The van der Waals surface area contributed by atoms with Gasteiger partial charge >= 0.3 is 16.1 Å². The zero-order chi connectivity index (χ0) is 21.1. The molecule has 0 amide bonds. The van der Waals surface area contributed by atoms with E-state index in [9.17, 15) is 13.2 Å². The van der Waals surface area contributed by atoms with Crippen LogP contribution >= 0.6 is 15.9 Å². The summed E-state index contributed by atoms with van der Waals surface area (Å²) in [5.74, 6) is -0.388. The number of para-hydroxylation sites is 1. The van der Waals surface area contributed by atoms with Gasteiger partial charge < -0.3 is 8.92 Å². The van der Waals surface area contributed by atoms with Crippen molar-refractivity contribution in [1.29, 1.82) is 0 Å². The summed E-state index contributed by atoms with van der Waals surface area (Å²) in [6.45, 7) is 0. The van der Waals surface area contributed by atoms with E-state index >= 15 is 0 Å². The zero-order valence-corrected chi connectivity index (χ0v) is 17.8. The second-order valence-electron chi connectivity index (χ2n) is 6.23. The molecule has 0 spiro atoms. The van der Waals surface area contributed by atoms with Crippen LogP contribution < -0.4 is 4.18 Å². The summed E-state index contributed by atoms with van der Waals surface area (Å²) in [6, 6.07) is 21.5. The first kappa shape index (κ1) is 20.1. The molecular weight excluding hydrogens is 470 g/mol. The third kappa shape index (κ3) is 4.34. The van der Waals surface area contributed by atoms with E-state index in [1.807, 2.05) is 6.07 Å². The highest BCUT2D eigenvalue weighted by atomic mass is 79.9. The Morgan fingerprint density at radius 3 is 2.43 bits per heavy atom. The standard InChI is InChI=1S/C22H14BrNO5S/c23-17-9-6-8-16(13-17)21-24-19(22(25)28-21)14-15-7-4-5-12-20(15)29-30(26,27)18-10-2-1-3-11-18/h1-14H/b19-14-. The van der Waals surface area contributed by atoms with Crippen molar-refractivity contribution in [3.8, 4) is 5.75 Å². The summed E-state index contributed by atoms with van der Waals surface area (Å²) in [5.41, 5.74) is 1.05.